The minimum Gasteiger partial charge on any atom is -0.464 e. The highest BCUT2D eigenvalue weighted by molar-refractivity contribution is 6.30. The second kappa shape index (κ2) is 4.80. The zero-order chi connectivity index (χ0) is 13.6. The van der Waals surface area contributed by atoms with E-state index in [1.807, 2.05) is 14.0 Å². The van der Waals surface area contributed by atoms with E-state index in [1.165, 1.54) is 0 Å². The number of halogens is 1. The van der Waals surface area contributed by atoms with Crippen LogP contribution in [0.4, 0.5) is 0 Å². The third-order valence-electron chi connectivity index (χ3n) is 4.13. The monoisotopic (exact) mass is 283 g/mol. The van der Waals surface area contributed by atoms with Crippen molar-refractivity contribution in [3.63, 3.8) is 0 Å². The molecule has 0 radical (unpaired) electrons. The molecule has 0 aliphatic carbocycles. The van der Waals surface area contributed by atoms with Crippen molar-refractivity contribution in [2.75, 3.05) is 13.2 Å². The molecular weight excluding hydrogens is 266 g/mol. The first-order chi connectivity index (χ1) is 9.09. The first-order valence-electron chi connectivity index (χ1n) is 6.71. The Labute approximate surface area is 117 Å². The van der Waals surface area contributed by atoms with Gasteiger partial charge in [-0.25, -0.2) is 0 Å². The van der Waals surface area contributed by atoms with E-state index >= 15 is 0 Å². The number of rotatable bonds is 2. The summed E-state index contributed by atoms with van der Waals surface area (Å²) < 4.78 is 6.80. The van der Waals surface area contributed by atoms with Gasteiger partial charge in [-0.15, -0.1) is 0 Å². The van der Waals surface area contributed by atoms with Gasteiger partial charge in [0.25, 0.3) is 0 Å². The molecule has 0 N–H and O–H groups in total. The second-order valence-electron chi connectivity index (χ2n) is 5.28. The van der Waals surface area contributed by atoms with Crippen molar-refractivity contribution in [3.05, 3.63) is 16.4 Å². The zero-order valence-corrected chi connectivity index (χ0v) is 12.0. The Bertz CT molecular complexity index is 514. The molecule has 2 atom stereocenters. The van der Waals surface area contributed by atoms with Gasteiger partial charge >= 0.3 is 5.97 Å². The van der Waals surface area contributed by atoms with Crippen LogP contribution in [0.1, 0.15) is 36.6 Å². The van der Waals surface area contributed by atoms with Crippen LogP contribution < -0.4 is 0 Å². The summed E-state index contributed by atoms with van der Waals surface area (Å²) in [7, 11) is 1.85. The fourth-order valence-corrected chi connectivity index (χ4v) is 3.58. The van der Waals surface area contributed by atoms with Gasteiger partial charge in [-0.2, -0.15) is 5.10 Å². The van der Waals surface area contributed by atoms with Crippen LogP contribution in [0.3, 0.4) is 0 Å². The molecule has 2 aliphatic heterocycles. The molecule has 0 saturated carbocycles. The summed E-state index contributed by atoms with van der Waals surface area (Å²) in [5.74, 6) is -0.0930. The number of ether oxygens (including phenoxy) is 1. The van der Waals surface area contributed by atoms with E-state index in [9.17, 15) is 4.79 Å². The smallest absolute Gasteiger partial charge is 0.323 e. The summed E-state index contributed by atoms with van der Waals surface area (Å²) in [4.78, 5) is 14.0. The topological polar surface area (TPSA) is 47.4 Å². The number of aryl methyl sites for hydroxylation is 2. The van der Waals surface area contributed by atoms with Gasteiger partial charge < -0.3 is 4.74 Å². The maximum Gasteiger partial charge on any atom is 0.323 e. The molecule has 0 unspecified atom stereocenters. The molecule has 2 fully saturated rings. The molecule has 6 heteroatoms. The second-order valence-corrected chi connectivity index (χ2v) is 5.64. The largest absolute Gasteiger partial charge is 0.464 e. The van der Waals surface area contributed by atoms with Gasteiger partial charge in [-0.05, 0) is 26.3 Å². The van der Waals surface area contributed by atoms with E-state index < -0.39 is 0 Å². The van der Waals surface area contributed by atoms with Gasteiger partial charge in [0.15, 0.2) is 0 Å². The summed E-state index contributed by atoms with van der Waals surface area (Å²) in [6.07, 6.45) is 2.89. The first kappa shape index (κ1) is 12.9. The van der Waals surface area contributed by atoms with Crippen molar-refractivity contribution in [2.45, 2.75) is 38.3 Å². The predicted octanol–water partition coefficient (Wildman–Crippen LogP) is 1.83. The number of aromatic nitrogens is 2. The lowest BCUT2D eigenvalue weighted by Crippen LogP contribution is -2.38. The van der Waals surface area contributed by atoms with E-state index in [0.717, 1.165) is 37.1 Å². The maximum absolute atomic E-state index is 11.8. The predicted molar refractivity (Wildman–Crippen MR) is 71.0 cm³/mol. The van der Waals surface area contributed by atoms with Crippen LogP contribution in [0, 0.1) is 6.92 Å². The molecule has 19 heavy (non-hydrogen) atoms. The average molecular weight is 284 g/mol. The number of nitrogens with zero attached hydrogens (tertiary/aromatic N) is 3. The fourth-order valence-electron chi connectivity index (χ4n) is 3.28. The number of hydrogen-bond donors (Lipinski definition) is 0. The standard InChI is InChI=1S/C13H18ClN3O2/c1-8-11(12(14)16(2)15-8)9-4-3-6-17(9)10-5-7-19-13(10)18/h9-10H,3-7H2,1-2H3/t9-,10+/m0/s1. The van der Waals surface area contributed by atoms with Crippen molar-refractivity contribution in [1.29, 1.82) is 0 Å². The highest BCUT2D eigenvalue weighted by Crippen LogP contribution is 2.39. The van der Waals surface area contributed by atoms with Crippen molar-refractivity contribution < 1.29 is 9.53 Å². The van der Waals surface area contributed by atoms with Gasteiger partial charge in [0.1, 0.15) is 11.2 Å². The Morgan fingerprint density at radius 3 is 2.74 bits per heavy atom. The van der Waals surface area contributed by atoms with Crippen molar-refractivity contribution in [3.8, 4) is 0 Å². The third kappa shape index (κ3) is 2.05. The van der Waals surface area contributed by atoms with E-state index in [-0.39, 0.29) is 18.1 Å². The number of likely N-dealkylation sites (tertiary alicyclic amines) is 1. The van der Waals surface area contributed by atoms with E-state index in [0.29, 0.717) is 11.8 Å². The Morgan fingerprint density at radius 2 is 2.16 bits per heavy atom. The molecule has 3 rings (SSSR count). The van der Waals surface area contributed by atoms with Gasteiger partial charge in [-0.3, -0.25) is 14.4 Å². The molecule has 0 aromatic carbocycles. The lowest BCUT2D eigenvalue weighted by Gasteiger charge is -2.28. The molecule has 1 aromatic rings. The van der Waals surface area contributed by atoms with Crippen LogP contribution in [-0.2, 0) is 16.6 Å². The van der Waals surface area contributed by atoms with E-state index in [2.05, 4.69) is 10.00 Å². The van der Waals surface area contributed by atoms with Crippen LogP contribution >= 0.6 is 11.6 Å². The number of hydrogen-bond acceptors (Lipinski definition) is 4. The molecule has 0 spiro atoms. The number of cyclic esters (lactones) is 1. The molecular formula is C13H18ClN3O2. The van der Waals surface area contributed by atoms with Gasteiger partial charge in [0, 0.05) is 25.1 Å². The normalized spacial score (nSPS) is 28.1. The van der Waals surface area contributed by atoms with E-state index in [4.69, 9.17) is 16.3 Å². The lowest BCUT2D eigenvalue weighted by molar-refractivity contribution is -0.142. The van der Waals surface area contributed by atoms with Crippen LogP contribution in [-0.4, -0.2) is 39.8 Å². The Kier molecular flexibility index (Phi) is 3.27. The van der Waals surface area contributed by atoms with Crippen LogP contribution in [0.5, 0.6) is 0 Å². The molecule has 5 nitrogen and oxygen atoms in total. The Hall–Kier alpha value is -1.07. The van der Waals surface area contributed by atoms with Gasteiger partial charge in [0.2, 0.25) is 0 Å². The quantitative estimate of drug-likeness (QED) is 0.777. The summed E-state index contributed by atoms with van der Waals surface area (Å²) in [6, 6.07) is 0.0834. The van der Waals surface area contributed by atoms with Crippen LogP contribution in [0.2, 0.25) is 5.15 Å². The fraction of sp³-hybridized carbons (Fsp3) is 0.692. The maximum atomic E-state index is 11.8. The average Bonchev–Trinajstić information content (AvgIpc) is 3.02. The third-order valence-corrected chi connectivity index (χ3v) is 4.58. The van der Waals surface area contributed by atoms with Crippen molar-refractivity contribution in [1.82, 2.24) is 14.7 Å². The summed E-state index contributed by atoms with van der Waals surface area (Å²) in [6.45, 7) is 3.44. The van der Waals surface area contributed by atoms with Crippen LogP contribution in [0.15, 0.2) is 0 Å². The zero-order valence-electron chi connectivity index (χ0n) is 11.2. The van der Waals surface area contributed by atoms with E-state index in [1.54, 1.807) is 4.68 Å². The summed E-state index contributed by atoms with van der Waals surface area (Å²) >= 11 is 6.36. The Balaban J connectivity index is 1.93. The number of carbonyl (C=O) groups is 1. The molecule has 2 aliphatic rings. The summed E-state index contributed by atoms with van der Waals surface area (Å²) in [5.41, 5.74) is 2.03. The van der Waals surface area contributed by atoms with Gasteiger partial charge in [0.05, 0.1) is 12.3 Å². The lowest BCUT2D eigenvalue weighted by atomic mass is 10.0. The highest BCUT2D eigenvalue weighted by atomic mass is 35.5. The number of esters is 1. The SMILES string of the molecule is Cc1nn(C)c(Cl)c1[C@@H]1CCCN1[C@@H]1CCOC1=O. The van der Waals surface area contributed by atoms with Gasteiger partial charge in [-0.1, -0.05) is 11.6 Å². The first-order valence-corrected chi connectivity index (χ1v) is 7.08. The summed E-state index contributed by atoms with van der Waals surface area (Å²) in [5, 5.41) is 5.06. The molecule has 104 valence electrons. The van der Waals surface area contributed by atoms with Crippen molar-refractivity contribution >= 4 is 17.6 Å². The highest BCUT2D eigenvalue weighted by Gasteiger charge is 2.41. The van der Waals surface area contributed by atoms with Crippen LogP contribution in [0.25, 0.3) is 0 Å². The molecule has 1 aromatic heterocycles. The molecule has 0 bridgehead atoms. The minimum absolute atomic E-state index is 0.0930. The molecule has 2 saturated heterocycles. The molecule has 3 heterocycles. The van der Waals surface area contributed by atoms with Crippen molar-refractivity contribution in [2.24, 2.45) is 7.05 Å². The number of carbonyl (C=O) groups excluding carboxylic acids is 1. The minimum atomic E-state index is -0.108. The molecule has 0 amide bonds. The Morgan fingerprint density at radius 1 is 1.37 bits per heavy atom.